The fourth-order valence-corrected chi connectivity index (χ4v) is 8.65. The maximum Gasteiger partial charge on any atom is 0.307 e. The standard InChI is InChI=1S/C36H33NO3.C22H23NO2.C14H12O2.ClH/c38-36(25-28-16-19-33(20-17-28)32-14-8-3-9-15-32)37-23-22-29-18-21-34(39-26-30-10-4-1-5-11-30)35(24-29)40-27-31-12-6-2-7-13-31;23-14-13-18-11-12-21(24-16-19-7-3-1-4-8-19)22(15-18)25-17-20-9-5-2-6-10-20;15-14(16)10-11-6-8-13(9-7-11)12-4-2-1-3-5-12;/h1-21,24H,22-23,25-27H2,(H,37,38);1-12,15H,13-14,16-17,23H2;1-9H,10H2,(H,15,16);1H. The highest BCUT2D eigenvalue weighted by Crippen LogP contribution is 2.32. The Morgan fingerprint density at radius 3 is 1.00 bits per heavy atom. The SMILES string of the molecule is Cl.NCCc1ccc(OCc2ccccc2)c(OCc2ccccc2)c1.O=C(Cc1ccc(-c2ccccc2)cc1)NCCc1ccc(OCc2ccccc2)c(OCc2ccccc2)c1.O=C(O)Cc1ccc(-c2ccccc2)cc1. The Morgan fingerprint density at radius 2 is 0.646 bits per heavy atom. The summed E-state index contributed by atoms with van der Waals surface area (Å²) >= 11 is 0. The molecule has 10 heteroatoms. The van der Waals surface area contributed by atoms with Gasteiger partial charge in [0.25, 0.3) is 0 Å². The molecule has 0 aliphatic carbocycles. The number of benzene rings is 10. The molecule has 1 amide bonds. The molecular formula is C72H69ClN2O7. The molecule has 0 aromatic heterocycles. The van der Waals surface area contributed by atoms with Crippen molar-refractivity contribution in [2.75, 3.05) is 13.1 Å². The molecule has 0 saturated heterocycles. The van der Waals surface area contributed by atoms with Crippen molar-refractivity contribution < 1.29 is 33.6 Å². The minimum absolute atomic E-state index is 0. The van der Waals surface area contributed by atoms with E-state index in [0.717, 1.165) is 79.1 Å². The monoisotopic (exact) mass is 1110 g/mol. The van der Waals surface area contributed by atoms with Crippen LogP contribution in [0.3, 0.4) is 0 Å². The number of carbonyl (C=O) groups excluding carboxylic acids is 1. The van der Waals surface area contributed by atoms with E-state index in [2.05, 4.69) is 29.6 Å². The summed E-state index contributed by atoms with van der Waals surface area (Å²) in [5.74, 6) is 2.11. The number of hydrogen-bond donors (Lipinski definition) is 3. The van der Waals surface area contributed by atoms with Crippen molar-refractivity contribution in [1.82, 2.24) is 5.32 Å². The zero-order chi connectivity index (χ0) is 56.1. The molecule has 0 heterocycles. The minimum Gasteiger partial charge on any atom is -0.485 e. The Balaban J connectivity index is 0.000000196. The van der Waals surface area contributed by atoms with Gasteiger partial charge in [0.05, 0.1) is 12.8 Å². The highest BCUT2D eigenvalue weighted by molar-refractivity contribution is 5.85. The van der Waals surface area contributed by atoms with Crippen molar-refractivity contribution in [3.05, 3.63) is 311 Å². The number of amides is 1. The van der Waals surface area contributed by atoms with Crippen molar-refractivity contribution in [1.29, 1.82) is 0 Å². The van der Waals surface area contributed by atoms with Crippen LogP contribution in [-0.4, -0.2) is 30.1 Å². The Morgan fingerprint density at radius 1 is 0.341 bits per heavy atom. The quantitative estimate of drug-likeness (QED) is 0.0578. The van der Waals surface area contributed by atoms with Gasteiger partial charge in [0, 0.05) is 6.54 Å². The summed E-state index contributed by atoms with van der Waals surface area (Å²) in [6.45, 7) is 3.09. The molecule has 10 rings (SSSR count). The predicted octanol–water partition coefficient (Wildman–Crippen LogP) is 15.2. The summed E-state index contributed by atoms with van der Waals surface area (Å²) in [6.07, 6.45) is 1.95. The summed E-state index contributed by atoms with van der Waals surface area (Å²) in [7, 11) is 0. The molecule has 10 aromatic rings. The average Bonchev–Trinajstić information content (AvgIpc) is 3.56. The van der Waals surface area contributed by atoms with Gasteiger partial charge >= 0.3 is 5.97 Å². The molecule has 4 N–H and O–H groups in total. The molecule has 82 heavy (non-hydrogen) atoms. The normalized spacial score (nSPS) is 10.3. The highest BCUT2D eigenvalue weighted by atomic mass is 35.5. The summed E-state index contributed by atoms with van der Waals surface area (Å²) in [4.78, 5) is 23.1. The van der Waals surface area contributed by atoms with Gasteiger partial charge in [-0.2, -0.15) is 0 Å². The van der Waals surface area contributed by atoms with Crippen molar-refractivity contribution in [2.24, 2.45) is 5.73 Å². The van der Waals surface area contributed by atoms with Gasteiger partial charge in [0.2, 0.25) is 5.91 Å². The lowest BCUT2D eigenvalue weighted by Gasteiger charge is -2.15. The number of carbonyl (C=O) groups is 2. The molecule has 10 aromatic carbocycles. The fourth-order valence-electron chi connectivity index (χ4n) is 8.65. The van der Waals surface area contributed by atoms with Crippen molar-refractivity contribution in [3.8, 4) is 45.3 Å². The third-order valence-electron chi connectivity index (χ3n) is 13.0. The second-order valence-corrected chi connectivity index (χ2v) is 19.2. The maximum atomic E-state index is 12.6. The van der Waals surface area contributed by atoms with Crippen molar-refractivity contribution >= 4 is 24.3 Å². The first-order valence-corrected chi connectivity index (χ1v) is 27.2. The molecule has 0 unspecified atom stereocenters. The molecule has 416 valence electrons. The van der Waals surface area contributed by atoms with E-state index in [-0.39, 0.29) is 24.7 Å². The van der Waals surface area contributed by atoms with Crippen LogP contribution < -0.4 is 30.0 Å². The summed E-state index contributed by atoms with van der Waals surface area (Å²) in [5, 5.41) is 11.7. The largest absolute Gasteiger partial charge is 0.485 e. The molecule has 0 atom stereocenters. The number of hydrogen-bond acceptors (Lipinski definition) is 7. The van der Waals surface area contributed by atoms with Gasteiger partial charge in [0.1, 0.15) is 26.4 Å². The average molecular weight is 1110 g/mol. The topological polar surface area (TPSA) is 129 Å². The van der Waals surface area contributed by atoms with E-state index in [4.69, 9.17) is 29.8 Å². The molecular weight excluding hydrogens is 1040 g/mol. The van der Waals surface area contributed by atoms with Gasteiger partial charge in [-0.3, -0.25) is 9.59 Å². The van der Waals surface area contributed by atoms with Crippen LogP contribution in [0.1, 0.15) is 44.5 Å². The Labute approximate surface area is 488 Å². The zero-order valence-electron chi connectivity index (χ0n) is 45.9. The summed E-state index contributed by atoms with van der Waals surface area (Å²) in [6, 6.07) is 88.5. The second kappa shape index (κ2) is 33.2. The van der Waals surface area contributed by atoms with Crippen LogP contribution in [0.5, 0.6) is 23.0 Å². The maximum absolute atomic E-state index is 12.6. The van der Waals surface area contributed by atoms with E-state index in [1.165, 1.54) is 5.56 Å². The summed E-state index contributed by atoms with van der Waals surface area (Å²) in [5.41, 5.74) is 18.7. The van der Waals surface area contributed by atoms with Gasteiger partial charge in [-0.1, -0.05) is 243 Å². The van der Waals surface area contributed by atoms with E-state index < -0.39 is 5.97 Å². The van der Waals surface area contributed by atoms with Gasteiger partial charge in [-0.15, -0.1) is 12.4 Å². The third kappa shape index (κ3) is 20.4. The fraction of sp³-hybridized carbons (Fsp3) is 0.139. The van der Waals surface area contributed by atoms with Gasteiger partial charge in [0.15, 0.2) is 23.0 Å². The number of ether oxygens (including phenoxy) is 4. The van der Waals surface area contributed by atoms with E-state index >= 15 is 0 Å². The number of rotatable bonds is 23. The van der Waals surface area contributed by atoms with Crippen molar-refractivity contribution in [2.45, 2.75) is 52.1 Å². The molecule has 0 bridgehead atoms. The molecule has 0 spiro atoms. The van der Waals surface area contributed by atoms with Crippen LogP contribution in [0.2, 0.25) is 0 Å². The number of carboxylic acids is 1. The molecule has 0 fully saturated rings. The first kappa shape index (κ1) is 60.2. The van der Waals surface area contributed by atoms with Crippen LogP contribution in [0.15, 0.2) is 267 Å². The number of halogens is 1. The number of nitrogens with two attached hydrogens (primary N) is 1. The van der Waals surface area contributed by atoms with E-state index in [9.17, 15) is 9.59 Å². The Bertz CT molecular complexity index is 3430. The highest BCUT2D eigenvalue weighted by Gasteiger charge is 2.12. The van der Waals surface area contributed by atoms with Crippen molar-refractivity contribution in [3.63, 3.8) is 0 Å². The molecule has 9 nitrogen and oxygen atoms in total. The van der Waals surface area contributed by atoms with Crippen LogP contribution in [-0.2, 0) is 61.7 Å². The molecule has 0 aliphatic heterocycles. The first-order valence-electron chi connectivity index (χ1n) is 27.2. The number of aliphatic carboxylic acids is 1. The number of carboxylic acid groups (broad SMARTS) is 1. The summed E-state index contributed by atoms with van der Waals surface area (Å²) < 4.78 is 24.3. The number of nitrogens with one attached hydrogen (secondary N) is 1. The third-order valence-corrected chi connectivity index (χ3v) is 13.0. The smallest absolute Gasteiger partial charge is 0.307 e. The lowest BCUT2D eigenvalue weighted by atomic mass is 10.0. The van der Waals surface area contributed by atoms with Gasteiger partial charge < -0.3 is 35.1 Å². The lowest BCUT2D eigenvalue weighted by molar-refractivity contribution is -0.136. The lowest BCUT2D eigenvalue weighted by Crippen LogP contribution is -2.27. The van der Waals surface area contributed by atoms with E-state index in [1.807, 2.05) is 243 Å². The van der Waals surface area contributed by atoms with Crippen LogP contribution in [0.25, 0.3) is 22.3 Å². The van der Waals surface area contributed by atoms with E-state index in [0.29, 0.717) is 63.9 Å². The molecule has 0 aliphatic rings. The van der Waals surface area contributed by atoms with Gasteiger partial charge in [-0.05, 0) is 110 Å². The zero-order valence-corrected chi connectivity index (χ0v) is 46.7. The van der Waals surface area contributed by atoms with Crippen LogP contribution in [0.4, 0.5) is 0 Å². The molecule has 0 saturated carbocycles. The minimum atomic E-state index is -0.799. The van der Waals surface area contributed by atoms with Gasteiger partial charge in [-0.25, -0.2) is 0 Å². The van der Waals surface area contributed by atoms with E-state index in [1.54, 1.807) is 0 Å². The van der Waals surface area contributed by atoms with Crippen LogP contribution >= 0.6 is 12.4 Å². The second-order valence-electron chi connectivity index (χ2n) is 19.2. The Hall–Kier alpha value is -9.41. The Kier molecular flexibility index (Phi) is 24.4. The van der Waals surface area contributed by atoms with Crippen LogP contribution in [0, 0.1) is 0 Å². The predicted molar refractivity (Wildman–Crippen MR) is 331 cm³/mol. The molecule has 0 radical (unpaired) electrons. The first-order chi connectivity index (χ1) is 39.8.